The summed E-state index contributed by atoms with van der Waals surface area (Å²) in [5.74, 6) is 0.776. The fraction of sp³-hybridized carbons (Fsp3) is 0.818. The Kier molecular flexibility index (Phi) is 6.82. The van der Waals surface area contributed by atoms with Gasteiger partial charge in [0.2, 0.25) is 5.91 Å². The zero-order valence-corrected chi connectivity index (χ0v) is 19.9. The zero-order chi connectivity index (χ0) is 21.3. The van der Waals surface area contributed by atoms with Gasteiger partial charge in [-0.3, -0.25) is 4.79 Å². The lowest BCUT2D eigenvalue weighted by atomic mass is 9.95. The molecule has 0 N–H and O–H groups in total. The Balaban J connectivity index is 1.49. The molecule has 0 aromatic carbocycles. The molecule has 2 heterocycles. The van der Waals surface area contributed by atoms with Crippen LogP contribution < -0.4 is 0 Å². The van der Waals surface area contributed by atoms with Crippen LogP contribution >= 0.6 is 11.8 Å². The van der Waals surface area contributed by atoms with Gasteiger partial charge in [0.05, 0.1) is 23.0 Å². The molecule has 2 saturated carbocycles. The highest BCUT2D eigenvalue weighted by Crippen LogP contribution is 2.35. The first-order valence-electron chi connectivity index (χ1n) is 11.6. The van der Waals surface area contributed by atoms with Crippen molar-refractivity contribution in [2.45, 2.75) is 101 Å². The van der Waals surface area contributed by atoms with Gasteiger partial charge in [-0.2, -0.15) is 0 Å². The summed E-state index contributed by atoms with van der Waals surface area (Å²) in [5.41, 5.74) is 2.26. The van der Waals surface area contributed by atoms with Gasteiger partial charge >= 0.3 is 0 Å². The summed E-state index contributed by atoms with van der Waals surface area (Å²) in [6.45, 7) is 4.19. The van der Waals surface area contributed by atoms with E-state index >= 15 is 0 Å². The van der Waals surface area contributed by atoms with Gasteiger partial charge < -0.3 is 9.47 Å². The van der Waals surface area contributed by atoms with Gasteiger partial charge in [-0.05, 0) is 46.0 Å². The van der Waals surface area contributed by atoms with E-state index in [4.69, 9.17) is 4.98 Å². The number of sulfone groups is 1. The first-order valence-corrected chi connectivity index (χ1v) is 14.4. The number of thioether (sulfide) groups is 1. The number of rotatable bonds is 6. The summed E-state index contributed by atoms with van der Waals surface area (Å²) in [7, 11) is -3.01. The highest BCUT2D eigenvalue weighted by molar-refractivity contribution is 7.99. The van der Waals surface area contributed by atoms with Gasteiger partial charge in [-0.15, -0.1) is 0 Å². The number of aromatic nitrogens is 2. The molecule has 1 amide bonds. The standard InChI is InChI=1S/C22H35N3O3S2/c1-16-17(2)24(18-8-4-3-5-9-18)22(23-16)29-14-21(26)25(19-10-6-7-11-19)20-12-13-30(27,28)15-20/h18-20H,3-15H2,1-2H3. The lowest BCUT2D eigenvalue weighted by Gasteiger charge is -2.34. The number of hydrogen-bond acceptors (Lipinski definition) is 5. The SMILES string of the molecule is Cc1nc(SCC(=O)N(C2CCCC2)C2CCS(=O)(=O)C2)n(C2CCCCC2)c1C. The quantitative estimate of drug-likeness (QED) is 0.608. The summed E-state index contributed by atoms with van der Waals surface area (Å²) in [5, 5.41) is 0.954. The van der Waals surface area contributed by atoms with E-state index in [-0.39, 0.29) is 29.5 Å². The topological polar surface area (TPSA) is 72.3 Å². The van der Waals surface area contributed by atoms with E-state index < -0.39 is 9.84 Å². The Morgan fingerprint density at radius 2 is 1.70 bits per heavy atom. The van der Waals surface area contributed by atoms with Crippen molar-refractivity contribution < 1.29 is 13.2 Å². The maximum atomic E-state index is 13.4. The Morgan fingerprint density at radius 3 is 2.33 bits per heavy atom. The van der Waals surface area contributed by atoms with Crippen LogP contribution in [-0.4, -0.2) is 58.1 Å². The molecule has 1 saturated heterocycles. The zero-order valence-electron chi connectivity index (χ0n) is 18.3. The van der Waals surface area contributed by atoms with Crippen molar-refractivity contribution in [3.05, 3.63) is 11.4 Å². The van der Waals surface area contributed by atoms with Crippen LogP contribution in [0.5, 0.6) is 0 Å². The van der Waals surface area contributed by atoms with Crippen molar-refractivity contribution in [3.63, 3.8) is 0 Å². The number of carbonyl (C=O) groups excluding carboxylic acids is 1. The summed E-state index contributed by atoms with van der Waals surface area (Å²) in [6, 6.07) is 0.550. The van der Waals surface area contributed by atoms with E-state index in [1.165, 1.54) is 37.8 Å². The Labute approximate surface area is 185 Å². The third-order valence-corrected chi connectivity index (χ3v) is 9.91. The average molecular weight is 454 g/mol. The second-order valence-corrected chi connectivity index (χ2v) is 12.5. The summed E-state index contributed by atoms with van der Waals surface area (Å²) in [6.07, 6.45) is 11.1. The van der Waals surface area contributed by atoms with Crippen molar-refractivity contribution in [2.24, 2.45) is 0 Å². The van der Waals surface area contributed by atoms with E-state index in [2.05, 4.69) is 18.4 Å². The van der Waals surface area contributed by atoms with Crippen LogP contribution in [0, 0.1) is 13.8 Å². The fourth-order valence-corrected chi connectivity index (χ4v) is 8.29. The molecule has 0 bridgehead atoms. The Hall–Kier alpha value is -1.02. The van der Waals surface area contributed by atoms with Gasteiger partial charge in [-0.1, -0.05) is 43.9 Å². The normalized spacial score (nSPS) is 25.1. The van der Waals surface area contributed by atoms with Crippen molar-refractivity contribution in [1.29, 1.82) is 0 Å². The van der Waals surface area contributed by atoms with Gasteiger partial charge in [-0.25, -0.2) is 13.4 Å². The smallest absolute Gasteiger partial charge is 0.233 e. The van der Waals surface area contributed by atoms with Crippen molar-refractivity contribution >= 4 is 27.5 Å². The molecular weight excluding hydrogens is 418 g/mol. The number of carbonyl (C=O) groups is 1. The van der Waals surface area contributed by atoms with Crippen LogP contribution in [0.4, 0.5) is 0 Å². The second kappa shape index (κ2) is 9.23. The monoisotopic (exact) mass is 453 g/mol. The number of nitrogens with zero attached hydrogens (tertiary/aromatic N) is 3. The van der Waals surface area contributed by atoms with Crippen LogP contribution in [0.2, 0.25) is 0 Å². The maximum Gasteiger partial charge on any atom is 0.233 e. The summed E-state index contributed by atoms with van der Waals surface area (Å²) < 4.78 is 26.5. The highest BCUT2D eigenvalue weighted by Gasteiger charge is 2.39. The van der Waals surface area contributed by atoms with E-state index in [1.54, 1.807) is 11.8 Å². The van der Waals surface area contributed by atoms with Crippen molar-refractivity contribution in [3.8, 4) is 0 Å². The summed E-state index contributed by atoms with van der Waals surface area (Å²) >= 11 is 1.54. The van der Waals surface area contributed by atoms with Crippen LogP contribution in [0.25, 0.3) is 0 Å². The lowest BCUT2D eigenvalue weighted by Crippen LogP contribution is -2.47. The van der Waals surface area contributed by atoms with E-state index in [9.17, 15) is 13.2 Å². The molecule has 4 rings (SSSR count). The first-order chi connectivity index (χ1) is 14.4. The molecule has 3 aliphatic rings. The van der Waals surface area contributed by atoms with Crippen LogP contribution in [0.15, 0.2) is 5.16 Å². The molecule has 168 valence electrons. The predicted octanol–water partition coefficient (Wildman–Crippen LogP) is 4.06. The molecule has 1 unspecified atom stereocenters. The van der Waals surface area contributed by atoms with E-state index in [1.807, 2.05) is 4.90 Å². The number of amides is 1. The molecule has 8 heteroatoms. The van der Waals surface area contributed by atoms with E-state index in [0.717, 1.165) is 36.5 Å². The minimum Gasteiger partial charge on any atom is -0.335 e. The van der Waals surface area contributed by atoms with Crippen LogP contribution in [-0.2, 0) is 14.6 Å². The van der Waals surface area contributed by atoms with Crippen molar-refractivity contribution in [1.82, 2.24) is 14.5 Å². The third-order valence-electron chi connectivity index (χ3n) is 7.23. The van der Waals surface area contributed by atoms with Gasteiger partial charge in [0.1, 0.15) is 0 Å². The van der Waals surface area contributed by atoms with Gasteiger partial charge in [0.25, 0.3) is 0 Å². The largest absolute Gasteiger partial charge is 0.335 e. The number of aryl methyl sites for hydroxylation is 1. The Bertz CT molecular complexity index is 868. The third kappa shape index (κ3) is 4.74. The predicted molar refractivity (Wildman–Crippen MR) is 121 cm³/mol. The molecule has 0 radical (unpaired) electrons. The van der Waals surface area contributed by atoms with Crippen LogP contribution in [0.1, 0.15) is 81.6 Å². The minimum absolute atomic E-state index is 0.0856. The molecule has 1 aromatic heterocycles. The molecule has 30 heavy (non-hydrogen) atoms. The molecule has 1 atom stereocenters. The lowest BCUT2D eigenvalue weighted by molar-refractivity contribution is -0.132. The summed E-state index contributed by atoms with van der Waals surface area (Å²) in [4.78, 5) is 20.1. The van der Waals surface area contributed by atoms with Gasteiger partial charge in [0, 0.05) is 23.8 Å². The average Bonchev–Trinajstić information content (AvgIpc) is 3.42. The number of imidazole rings is 1. The molecule has 1 aromatic rings. The highest BCUT2D eigenvalue weighted by atomic mass is 32.2. The first kappa shape index (κ1) is 22.2. The van der Waals surface area contributed by atoms with E-state index in [0.29, 0.717) is 18.2 Å². The fourth-order valence-electron chi connectivity index (χ4n) is 5.55. The van der Waals surface area contributed by atoms with Crippen molar-refractivity contribution in [2.75, 3.05) is 17.3 Å². The minimum atomic E-state index is -3.01. The van der Waals surface area contributed by atoms with Gasteiger partial charge in [0.15, 0.2) is 15.0 Å². The molecular formula is C22H35N3O3S2. The molecule has 2 aliphatic carbocycles. The molecule has 1 aliphatic heterocycles. The number of hydrogen-bond donors (Lipinski definition) is 0. The molecule has 0 spiro atoms. The second-order valence-electron chi connectivity index (χ2n) is 9.31. The van der Waals surface area contributed by atoms with Crippen LogP contribution in [0.3, 0.4) is 0 Å². The maximum absolute atomic E-state index is 13.4. The molecule has 3 fully saturated rings. The molecule has 6 nitrogen and oxygen atoms in total. The Morgan fingerprint density at radius 1 is 1.03 bits per heavy atom.